The van der Waals surface area contributed by atoms with Crippen molar-refractivity contribution in [3.63, 3.8) is 0 Å². The average Bonchev–Trinajstić information content (AvgIpc) is 2.40. The molecule has 0 bridgehead atoms. The Morgan fingerprint density at radius 1 is 0.760 bits per heavy atom. The van der Waals surface area contributed by atoms with Gasteiger partial charge in [0.25, 0.3) is 0 Å². The fourth-order valence-electron chi connectivity index (χ4n) is 2.03. The second kappa shape index (κ2) is 7.86. The number of hydrogen-bond acceptors (Lipinski definition) is 6. The molecule has 0 saturated heterocycles. The van der Waals surface area contributed by atoms with Gasteiger partial charge >= 0.3 is 5.69 Å². The molecule has 4 N–H and O–H groups in total. The highest BCUT2D eigenvalue weighted by atomic mass is 16.6. The number of anilines is 4. The number of nitrogens with zero attached hydrogens (tertiary/aromatic N) is 1. The summed E-state index contributed by atoms with van der Waals surface area (Å²) in [7, 11) is 0. The minimum atomic E-state index is -0.840. The summed E-state index contributed by atoms with van der Waals surface area (Å²) in [5.74, 6) is -2.37. The lowest BCUT2D eigenvalue weighted by Crippen LogP contribution is -2.18. The third-order valence-corrected chi connectivity index (χ3v) is 2.71. The molecule has 0 fully saturated rings. The second-order valence-corrected chi connectivity index (χ2v) is 5.05. The van der Waals surface area contributed by atoms with E-state index in [1.807, 2.05) is 0 Å². The van der Waals surface area contributed by atoms with Gasteiger partial charge < -0.3 is 21.3 Å². The fourth-order valence-corrected chi connectivity index (χ4v) is 2.03. The van der Waals surface area contributed by atoms with E-state index in [-0.39, 0.29) is 22.7 Å². The average molecular weight is 351 g/mol. The molecule has 1 rings (SSSR count). The lowest BCUT2D eigenvalue weighted by Gasteiger charge is -2.18. The number of carbonyl (C=O) groups is 4. The molecule has 11 nitrogen and oxygen atoms in total. The molecule has 11 heteroatoms. The van der Waals surface area contributed by atoms with Crippen LogP contribution in [0.4, 0.5) is 28.4 Å². The Hall–Kier alpha value is -3.50. The SMILES string of the molecule is CC(=O)Nc1cc(NC(C)=O)c(NC(C)=O)c([N+](=O)[O-])c1NC(C)=O. The lowest BCUT2D eigenvalue weighted by molar-refractivity contribution is -0.382. The quantitative estimate of drug-likeness (QED) is 0.463. The van der Waals surface area contributed by atoms with Gasteiger partial charge in [-0.25, -0.2) is 0 Å². The minimum Gasteiger partial charge on any atom is -0.324 e. The Morgan fingerprint density at radius 3 is 1.32 bits per heavy atom. The largest absolute Gasteiger partial charge is 0.324 e. The van der Waals surface area contributed by atoms with Gasteiger partial charge in [-0.05, 0) is 6.07 Å². The van der Waals surface area contributed by atoms with Crippen LogP contribution in [0.3, 0.4) is 0 Å². The van der Waals surface area contributed by atoms with Gasteiger partial charge in [-0.1, -0.05) is 0 Å². The van der Waals surface area contributed by atoms with Crippen molar-refractivity contribution in [2.75, 3.05) is 21.3 Å². The van der Waals surface area contributed by atoms with Gasteiger partial charge in [-0.15, -0.1) is 0 Å². The standard InChI is InChI=1S/C14H17N5O6/c1-6(20)15-10-5-11(16-7(2)21)13(18-9(4)23)14(19(24)25)12(10)17-8(3)22/h5H,1-4H3,(H,15,20)(H,16,21)(H,17,22)(H,18,23). The first-order chi connectivity index (χ1) is 11.5. The van der Waals surface area contributed by atoms with Crippen LogP contribution in [-0.4, -0.2) is 28.6 Å². The van der Waals surface area contributed by atoms with Crippen molar-refractivity contribution in [3.05, 3.63) is 16.2 Å². The molecule has 134 valence electrons. The molecule has 0 saturated carbocycles. The van der Waals surface area contributed by atoms with Gasteiger partial charge in [-0.2, -0.15) is 0 Å². The Balaban J connectivity index is 3.83. The van der Waals surface area contributed by atoms with Crippen LogP contribution in [0.25, 0.3) is 0 Å². The van der Waals surface area contributed by atoms with Crippen molar-refractivity contribution < 1.29 is 24.1 Å². The highest BCUT2D eigenvalue weighted by Crippen LogP contribution is 2.44. The summed E-state index contributed by atoms with van der Waals surface area (Å²) in [5.41, 5.74) is -1.52. The molecule has 25 heavy (non-hydrogen) atoms. The Morgan fingerprint density at radius 2 is 1.08 bits per heavy atom. The molecule has 0 unspecified atom stereocenters. The van der Waals surface area contributed by atoms with Crippen LogP contribution < -0.4 is 21.3 Å². The van der Waals surface area contributed by atoms with Crippen LogP contribution in [0.1, 0.15) is 27.7 Å². The number of nitrogens with one attached hydrogen (secondary N) is 4. The molecular formula is C14H17N5O6. The van der Waals surface area contributed by atoms with Crippen LogP contribution >= 0.6 is 0 Å². The summed E-state index contributed by atoms with van der Waals surface area (Å²) in [6.45, 7) is 4.59. The highest BCUT2D eigenvalue weighted by Gasteiger charge is 2.29. The summed E-state index contributed by atoms with van der Waals surface area (Å²) in [6.07, 6.45) is 0. The van der Waals surface area contributed by atoms with Gasteiger partial charge in [0.05, 0.1) is 16.3 Å². The fraction of sp³-hybridized carbons (Fsp3) is 0.286. The molecule has 1 aromatic carbocycles. The summed E-state index contributed by atoms with van der Waals surface area (Å²) < 4.78 is 0. The monoisotopic (exact) mass is 351 g/mol. The van der Waals surface area contributed by atoms with E-state index >= 15 is 0 Å². The predicted octanol–water partition coefficient (Wildman–Crippen LogP) is 1.43. The van der Waals surface area contributed by atoms with E-state index in [9.17, 15) is 29.3 Å². The number of rotatable bonds is 5. The zero-order valence-corrected chi connectivity index (χ0v) is 14.0. The molecule has 4 amide bonds. The smallest absolute Gasteiger partial charge is 0.320 e. The molecule has 0 spiro atoms. The molecule has 1 aromatic rings. The predicted molar refractivity (Wildman–Crippen MR) is 90.3 cm³/mol. The normalized spacial score (nSPS) is 9.76. The number of carbonyl (C=O) groups excluding carboxylic acids is 4. The molecule has 0 aromatic heterocycles. The number of nitro benzene ring substituents is 1. The summed E-state index contributed by atoms with van der Waals surface area (Å²) in [5, 5.41) is 20.8. The first-order valence-electron chi connectivity index (χ1n) is 6.98. The van der Waals surface area contributed by atoms with Crippen molar-refractivity contribution >= 4 is 52.1 Å². The molecular weight excluding hydrogens is 334 g/mol. The topological polar surface area (TPSA) is 160 Å². The molecule has 0 radical (unpaired) electrons. The van der Waals surface area contributed by atoms with E-state index in [2.05, 4.69) is 21.3 Å². The van der Waals surface area contributed by atoms with Crippen molar-refractivity contribution in [2.24, 2.45) is 0 Å². The Kier molecular flexibility index (Phi) is 6.14. The van der Waals surface area contributed by atoms with E-state index in [1.165, 1.54) is 19.9 Å². The van der Waals surface area contributed by atoms with Crippen molar-refractivity contribution in [1.82, 2.24) is 0 Å². The molecule has 0 aliphatic heterocycles. The Bertz CT molecular complexity index is 719. The van der Waals surface area contributed by atoms with E-state index < -0.39 is 34.2 Å². The second-order valence-electron chi connectivity index (χ2n) is 5.05. The molecule has 0 heterocycles. The van der Waals surface area contributed by atoms with Crippen molar-refractivity contribution in [1.29, 1.82) is 0 Å². The van der Waals surface area contributed by atoms with E-state index in [0.717, 1.165) is 13.8 Å². The Labute approximate surface area is 142 Å². The summed E-state index contributed by atoms with van der Waals surface area (Å²) in [6, 6.07) is 1.20. The number of amides is 4. The first kappa shape index (κ1) is 19.5. The number of hydrogen-bond donors (Lipinski definition) is 4. The van der Waals surface area contributed by atoms with Crippen LogP contribution in [-0.2, 0) is 19.2 Å². The lowest BCUT2D eigenvalue weighted by atomic mass is 10.1. The first-order valence-corrected chi connectivity index (χ1v) is 6.98. The molecule has 0 aliphatic carbocycles. The van der Waals surface area contributed by atoms with Gasteiger partial charge in [0.2, 0.25) is 23.6 Å². The zero-order chi connectivity index (χ0) is 19.3. The van der Waals surface area contributed by atoms with Gasteiger partial charge in [0.15, 0.2) is 0 Å². The van der Waals surface area contributed by atoms with E-state index in [1.54, 1.807) is 0 Å². The number of nitro groups is 1. The van der Waals surface area contributed by atoms with Crippen molar-refractivity contribution in [2.45, 2.75) is 27.7 Å². The zero-order valence-electron chi connectivity index (χ0n) is 14.0. The van der Waals surface area contributed by atoms with Crippen LogP contribution in [0.2, 0.25) is 0 Å². The van der Waals surface area contributed by atoms with Gasteiger partial charge in [-0.3, -0.25) is 29.3 Å². The third kappa shape index (κ3) is 5.27. The van der Waals surface area contributed by atoms with Gasteiger partial charge in [0, 0.05) is 27.7 Å². The van der Waals surface area contributed by atoms with Crippen LogP contribution in [0, 0.1) is 10.1 Å². The van der Waals surface area contributed by atoms with Crippen LogP contribution in [0.5, 0.6) is 0 Å². The summed E-state index contributed by atoms with van der Waals surface area (Å²) in [4.78, 5) is 56.3. The van der Waals surface area contributed by atoms with Crippen molar-refractivity contribution in [3.8, 4) is 0 Å². The minimum absolute atomic E-state index is 0.104. The molecule has 0 atom stereocenters. The maximum atomic E-state index is 11.6. The maximum Gasteiger partial charge on any atom is 0.320 e. The summed E-state index contributed by atoms with van der Waals surface area (Å²) >= 11 is 0. The number of benzene rings is 1. The van der Waals surface area contributed by atoms with Gasteiger partial charge in [0.1, 0.15) is 11.4 Å². The highest BCUT2D eigenvalue weighted by molar-refractivity contribution is 6.10. The van der Waals surface area contributed by atoms with Crippen LogP contribution in [0.15, 0.2) is 6.07 Å². The maximum absolute atomic E-state index is 11.6. The van der Waals surface area contributed by atoms with E-state index in [4.69, 9.17) is 0 Å². The van der Waals surface area contributed by atoms with E-state index in [0.29, 0.717) is 0 Å². The molecule has 0 aliphatic rings. The third-order valence-electron chi connectivity index (χ3n) is 2.71.